The fourth-order valence-electron chi connectivity index (χ4n) is 1.68. The van der Waals surface area contributed by atoms with Crippen molar-refractivity contribution >= 4 is 0 Å². The van der Waals surface area contributed by atoms with Gasteiger partial charge in [0, 0.05) is 19.6 Å². The van der Waals surface area contributed by atoms with Crippen molar-refractivity contribution in [2.75, 3.05) is 26.6 Å². The Morgan fingerprint density at radius 2 is 1.94 bits per heavy atom. The highest BCUT2D eigenvalue weighted by atomic mass is 16.7. The van der Waals surface area contributed by atoms with Crippen LogP contribution in [-0.4, -0.2) is 39.0 Å². The number of hydrogen-bond donors (Lipinski definition) is 0. The van der Waals surface area contributed by atoms with E-state index in [1.165, 1.54) is 0 Å². The molecule has 1 saturated heterocycles. The van der Waals surface area contributed by atoms with Gasteiger partial charge in [-0.25, -0.2) is 0 Å². The molecule has 4 heteroatoms. The molecule has 4 nitrogen and oxygen atoms in total. The summed E-state index contributed by atoms with van der Waals surface area (Å²) < 4.78 is 22.0. The first-order valence-corrected chi connectivity index (χ1v) is 6.79. The molecular weight excluding hydrogens is 220 g/mol. The molecule has 0 aromatic heterocycles. The predicted octanol–water partition coefficient (Wildman–Crippen LogP) is 2.71. The van der Waals surface area contributed by atoms with Gasteiger partial charge >= 0.3 is 0 Å². The molecule has 1 aliphatic rings. The van der Waals surface area contributed by atoms with Crippen LogP contribution in [0.3, 0.4) is 0 Å². The number of unbranched alkanes of at least 4 members (excludes halogenated alkanes) is 1. The third-order valence-electron chi connectivity index (χ3n) is 2.73. The van der Waals surface area contributed by atoms with Crippen molar-refractivity contribution in [2.45, 2.75) is 58.3 Å². The Labute approximate surface area is 105 Å². The number of ether oxygens (including phenoxy) is 4. The summed E-state index contributed by atoms with van der Waals surface area (Å²) in [6, 6.07) is 0. The van der Waals surface area contributed by atoms with Crippen LogP contribution in [-0.2, 0) is 18.9 Å². The summed E-state index contributed by atoms with van der Waals surface area (Å²) in [5.74, 6) is 0. The molecule has 1 aliphatic heterocycles. The standard InChI is InChI=1S/C13H26O4/c1-3-5-9-14-11-17-13-7-6-12(10-16-13)15-8-4-2/h12-13H,3-11H2,1-2H3. The van der Waals surface area contributed by atoms with Gasteiger partial charge in [0.15, 0.2) is 6.29 Å². The summed E-state index contributed by atoms with van der Waals surface area (Å²) in [5.41, 5.74) is 0. The van der Waals surface area contributed by atoms with Crippen molar-refractivity contribution in [1.29, 1.82) is 0 Å². The molecule has 2 atom stereocenters. The molecule has 17 heavy (non-hydrogen) atoms. The fraction of sp³-hybridized carbons (Fsp3) is 1.00. The van der Waals surface area contributed by atoms with Gasteiger partial charge in [0.05, 0.1) is 12.7 Å². The van der Waals surface area contributed by atoms with Gasteiger partial charge in [-0.3, -0.25) is 0 Å². The average molecular weight is 246 g/mol. The van der Waals surface area contributed by atoms with E-state index in [1.807, 2.05) is 0 Å². The maximum absolute atomic E-state index is 5.63. The van der Waals surface area contributed by atoms with E-state index in [0.29, 0.717) is 13.4 Å². The van der Waals surface area contributed by atoms with Crippen LogP contribution in [0.15, 0.2) is 0 Å². The fourth-order valence-corrected chi connectivity index (χ4v) is 1.68. The van der Waals surface area contributed by atoms with Crippen LogP contribution in [0.1, 0.15) is 46.0 Å². The molecule has 0 aliphatic carbocycles. The molecule has 0 bridgehead atoms. The van der Waals surface area contributed by atoms with Gasteiger partial charge in [-0.2, -0.15) is 0 Å². The lowest BCUT2D eigenvalue weighted by Gasteiger charge is -2.28. The molecule has 0 aromatic carbocycles. The zero-order valence-corrected chi connectivity index (χ0v) is 11.2. The minimum atomic E-state index is -0.113. The molecule has 1 fully saturated rings. The Bertz CT molecular complexity index is 164. The molecule has 0 spiro atoms. The molecule has 2 unspecified atom stereocenters. The van der Waals surface area contributed by atoms with Gasteiger partial charge in [0.2, 0.25) is 0 Å². The first kappa shape index (κ1) is 14.9. The van der Waals surface area contributed by atoms with Crippen LogP contribution in [0.4, 0.5) is 0 Å². The van der Waals surface area contributed by atoms with E-state index < -0.39 is 0 Å². The molecule has 0 saturated carbocycles. The highest BCUT2D eigenvalue weighted by Gasteiger charge is 2.22. The van der Waals surface area contributed by atoms with Crippen molar-refractivity contribution in [1.82, 2.24) is 0 Å². The minimum absolute atomic E-state index is 0.113. The lowest BCUT2D eigenvalue weighted by atomic mass is 10.1. The van der Waals surface area contributed by atoms with E-state index in [0.717, 1.165) is 45.3 Å². The Morgan fingerprint density at radius 3 is 2.59 bits per heavy atom. The average Bonchev–Trinajstić information content (AvgIpc) is 2.37. The van der Waals surface area contributed by atoms with Gasteiger partial charge in [-0.1, -0.05) is 20.3 Å². The smallest absolute Gasteiger partial charge is 0.160 e. The summed E-state index contributed by atoms with van der Waals surface area (Å²) in [5, 5.41) is 0. The minimum Gasteiger partial charge on any atom is -0.376 e. The van der Waals surface area contributed by atoms with Gasteiger partial charge in [0.25, 0.3) is 0 Å². The molecule has 1 heterocycles. The summed E-state index contributed by atoms with van der Waals surface area (Å²) in [6.45, 7) is 6.82. The Hall–Kier alpha value is -0.160. The van der Waals surface area contributed by atoms with Gasteiger partial charge < -0.3 is 18.9 Å². The van der Waals surface area contributed by atoms with Gasteiger partial charge in [0.1, 0.15) is 6.79 Å². The van der Waals surface area contributed by atoms with E-state index in [4.69, 9.17) is 18.9 Å². The second kappa shape index (κ2) is 9.83. The molecular formula is C13H26O4. The zero-order valence-electron chi connectivity index (χ0n) is 11.2. The molecule has 0 aromatic rings. The highest BCUT2D eigenvalue weighted by Crippen LogP contribution is 2.17. The Morgan fingerprint density at radius 1 is 1.06 bits per heavy atom. The van der Waals surface area contributed by atoms with Gasteiger partial charge in [-0.05, 0) is 19.3 Å². The van der Waals surface area contributed by atoms with E-state index in [9.17, 15) is 0 Å². The third-order valence-corrected chi connectivity index (χ3v) is 2.73. The first-order chi connectivity index (χ1) is 8.36. The second-order valence-corrected chi connectivity index (χ2v) is 4.38. The molecule has 0 radical (unpaired) electrons. The van der Waals surface area contributed by atoms with Crippen LogP contribution >= 0.6 is 0 Å². The summed E-state index contributed by atoms with van der Waals surface area (Å²) in [6.07, 6.45) is 5.33. The van der Waals surface area contributed by atoms with Crippen molar-refractivity contribution in [3.63, 3.8) is 0 Å². The third kappa shape index (κ3) is 6.99. The first-order valence-electron chi connectivity index (χ1n) is 6.79. The molecule has 0 N–H and O–H groups in total. The highest BCUT2D eigenvalue weighted by molar-refractivity contribution is 4.65. The van der Waals surface area contributed by atoms with Crippen molar-refractivity contribution in [3.8, 4) is 0 Å². The lowest BCUT2D eigenvalue weighted by Crippen LogP contribution is -2.33. The van der Waals surface area contributed by atoms with Crippen LogP contribution in [0.2, 0.25) is 0 Å². The topological polar surface area (TPSA) is 36.9 Å². The summed E-state index contributed by atoms with van der Waals surface area (Å²) >= 11 is 0. The van der Waals surface area contributed by atoms with Crippen LogP contribution in [0, 0.1) is 0 Å². The maximum Gasteiger partial charge on any atom is 0.160 e. The monoisotopic (exact) mass is 246 g/mol. The van der Waals surface area contributed by atoms with E-state index in [1.54, 1.807) is 0 Å². The molecule has 0 amide bonds. The SMILES string of the molecule is CCCCOCOC1CCC(OCCC)CO1. The number of rotatable bonds is 9. The largest absolute Gasteiger partial charge is 0.376 e. The maximum atomic E-state index is 5.63. The Balaban J connectivity index is 1.95. The predicted molar refractivity (Wildman–Crippen MR) is 65.8 cm³/mol. The molecule has 102 valence electrons. The Kier molecular flexibility index (Phi) is 8.61. The molecule has 1 rings (SSSR count). The summed E-state index contributed by atoms with van der Waals surface area (Å²) in [4.78, 5) is 0. The van der Waals surface area contributed by atoms with Gasteiger partial charge in [-0.15, -0.1) is 0 Å². The number of hydrogen-bond acceptors (Lipinski definition) is 4. The summed E-state index contributed by atoms with van der Waals surface area (Å²) in [7, 11) is 0. The quantitative estimate of drug-likeness (QED) is 0.463. The van der Waals surface area contributed by atoms with Crippen molar-refractivity contribution in [2.24, 2.45) is 0 Å². The van der Waals surface area contributed by atoms with Crippen molar-refractivity contribution < 1.29 is 18.9 Å². The zero-order chi connectivity index (χ0) is 12.3. The van der Waals surface area contributed by atoms with E-state index in [-0.39, 0.29) is 12.4 Å². The second-order valence-electron chi connectivity index (χ2n) is 4.38. The lowest BCUT2D eigenvalue weighted by molar-refractivity contribution is -0.228. The van der Waals surface area contributed by atoms with E-state index in [2.05, 4.69) is 13.8 Å². The van der Waals surface area contributed by atoms with Crippen LogP contribution in [0.25, 0.3) is 0 Å². The van der Waals surface area contributed by atoms with E-state index >= 15 is 0 Å². The normalized spacial score (nSPS) is 25.1. The van der Waals surface area contributed by atoms with Crippen LogP contribution in [0.5, 0.6) is 0 Å². The van der Waals surface area contributed by atoms with Crippen molar-refractivity contribution in [3.05, 3.63) is 0 Å². The van der Waals surface area contributed by atoms with Crippen LogP contribution < -0.4 is 0 Å².